The molecule has 2 rings (SSSR count). The number of nitrogens with two attached hydrogens (primary N) is 1. The molecule has 0 saturated heterocycles. The predicted molar refractivity (Wildman–Crippen MR) is 82.9 cm³/mol. The third-order valence-corrected chi connectivity index (χ3v) is 4.60. The van der Waals surface area contributed by atoms with E-state index < -0.39 is 0 Å². The van der Waals surface area contributed by atoms with Crippen molar-refractivity contribution in [3.8, 4) is 11.8 Å². The summed E-state index contributed by atoms with van der Waals surface area (Å²) in [4.78, 5) is 18.2. The van der Waals surface area contributed by atoms with E-state index in [4.69, 9.17) is 5.73 Å². The second-order valence-corrected chi connectivity index (χ2v) is 6.04. The Balaban J connectivity index is 2.00. The number of nitrogens with one attached hydrogen (secondary N) is 1. The number of hydrogen-bond donors (Lipinski definition) is 2. The molecule has 0 aliphatic carbocycles. The maximum Gasteiger partial charge on any atom is 0.262 e. The number of thiophene rings is 1. The number of carbonyl (C=O) groups excluding carboxylic acids is 1. The molecule has 0 saturated carbocycles. The summed E-state index contributed by atoms with van der Waals surface area (Å²) in [6, 6.07) is 1.83. The molecule has 0 fully saturated rings. The minimum atomic E-state index is -0.116. The van der Waals surface area contributed by atoms with E-state index in [0.717, 1.165) is 17.0 Å². The van der Waals surface area contributed by atoms with Gasteiger partial charge in [0.15, 0.2) is 0 Å². The number of nitrogens with zero attached hydrogens (tertiary/aromatic N) is 1. The lowest BCUT2D eigenvalue weighted by atomic mass is 10.2. The molecule has 0 bridgehead atoms. The van der Waals surface area contributed by atoms with Crippen molar-refractivity contribution in [3.05, 3.63) is 38.0 Å². The van der Waals surface area contributed by atoms with Gasteiger partial charge in [-0.1, -0.05) is 18.8 Å². The molecule has 2 aromatic rings. The minimum Gasteiger partial charge on any atom is -0.345 e. The van der Waals surface area contributed by atoms with E-state index in [9.17, 15) is 4.79 Å². The van der Waals surface area contributed by atoms with Gasteiger partial charge in [0, 0.05) is 16.6 Å². The highest BCUT2D eigenvalue weighted by atomic mass is 32.1. The van der Waals surface area contributed by atoms with E-state index in [1.54, 1.807) is 11.3 Å². The fourth-order valence-electron chi connectivity index (χ4n) is 1.56. The van der Waals surface area contributed by atoms with Crippen molar-refractivity contribution >= 4 is 28.6 Å². The Morgan fingerprint density at radius 2 is 2.40 bits per heavy atom. The summed E-state index contributed by atoms with van der Waals surface area (Å²) in [5.41, 5.74) is 6.07. The fourth-order valence-corrected chi connectivity index (χ4v) is 3.13. The lowest BCUT2D eigenvalue weighted by Gasteiger charge is -2.01. The third-order valence-electron chi connectivity index (χ3n) is 2.55. The number of hydrogen-bond acceptors (Lipinski definition) is 5. The van der Waals surface area contributed by atoms with E-state index in [1.165, 1.54) is 16.2 Å². The highest BCUT2D eigenvalue weighted by molar-refractivity contribution is 7.12. The van der Waals surface area contributed by atoms with E-state index in [-0.39, 0.29) is 12.5 Å². The summed E-state index contributed by atoms with van der Waals surface area (Å²) in [6.07, 6.45) is 2.82. The Bertz CT molecular complexity index is 649. The predicted octanol–water partition coefficient (Wildman–Crippen LogP) is 2.01. The van der Waals surface area contributed by atoms with Crippen molar-refractivity contribution in [3.63, 3.8) is 0 Å². The molecule has 3 N–H and O–H groups in total. The number of thiazole rings is 1. The molecule has 6 heteroatoms. The number of aromatic nitrogens is 1. The molecule has 2 aromatic heterocycles. The molecule has 0 radical (unpaired) electrons. The zero-order valence-corrected chi connectivity index (χ0v) is 12.7. The second-order valence-electron chi connectivity index (χ2n) is 3.93. The van der Waals surface area contributed by atoms with Gasteiger partial charge in [-0.15, -0.1) is 22.7 Å². The van der Waals surface area contributed by atoms with Crippen molar-refractivity contribution < 1.29 is 4.79 Å². The Kier molecular flexibility index (Phi) is 5.30. The van der Waals surface area contributed by atoms with E-state index in [1.807, 2.05) is 17.6 Å². The van der Waals surface area contributed by atoms with E-state index >= 15 is 0 Å². The van der Waals surface area contributed by atoms with Crippen LogP contribution in [-0.2, 0) is 13.0 Å². The van der Waals surface area contributed by atoms with Crippen molar-refractivity contribution in [1.82, 2.24) is 10.3 Å². The Hall–Kier alpha value is -1.68. The quantitative estimate of drug-likeness (QED) is 0.849. The van der Waals surface area contributed by atoms with Crippen LogP contribution in [0.1, 0.15) is 32.0 Å². The minimum absolute atomic E-state index is 0.116. The van der Waals surface area contributed by atoms with Gasteiger partial charge in [-0.05, 0) is 17.9 Å². The van der Waals surface area contributed by atoms with Gasteiger partial charge in [0.1, 0.15) is 9.88 Å². The summed E-state index contributed by atoms with van der Waals surface area (Å²) in [7, 11) is 0. The number of amides is 1. The summed E-state index contributed by atoms with van der Waals surface area (Å²) in [5, 5.41) is 5.65. The highest BCUT2D eigenvalue weighted by Crippen LogP contribution is 2.17. The molecule has 0 spiro atoms. The van der Waals surface area contributed by atoms with Crippen LogP contribution in [0.2, 0.25) is 0 Å². The fraction of sp³-hybridized carbons (Fsp3) is 0.286. The standard InChI is InChI=1S/C14H15N3OS2/c1-2-11-8-16-12(20-11)9-17-14(18)13-10(4-3-6-15)5-7-19-13/h5,7-8H,2,6,9,15H2,1H3,(H,17,18). The average molecular weight is 305 g/mol. The van der Waals surface area contributed by atoms with Crippen LogP contribution in [0, 0.1) is 11.8 Å². The first-order valence-corrected chi connectivity index (χ1v) is 7.92. The summed E-state index contributed by atoms with van der Waals surface area (Å²) in [6.45, 7) is 2.82. The number of rotatable bonds is 4. The normalized spacial score (nSPS) is 9.90. The highest BCUT2D eigenvalue weighted by Gasteiger charge is 2.12. The first-order chi connectivity index (χ1) is 9.74. The molecule has 0 atom stereocenters. The number of aryl methyl sites for hydroxylation is 1. The van der Waals surface area contributed by atoms with Crippen LogP contribution in [-0.4, -0.2) is 17.4 Å². The van der Waals surface area contributed by atoms with Gasteiger partial charge < -0.3 is 11.1 Å². The molecular formula is C14H15N3OS2. The van der Waals surface area contributed by atoms with Crippen LogP contribution in [0.25, 0.3) is 0 Å². The van der Waals surface area contributed by atoms with Crippen molar-refractivity contribution in [2.24, 2.45) is 5.73 Å². The lowest BCUT2D eigenvalue weighted by Crippen LogP contribution is -2.22. The van der Waals surface area contributed by atoms with Gasteiger partial charge in [-0.25, -0.2) is 4.98 Å². The molecule has 0 aromatic carbocycles. The molecule has 0 aliphatic heterocycles. The van der Waals surface area contributed by atoms with Crippen LogP contribution in [0.15, 0.2) is 17.6 Å². The summed E-state index contributed by atoms with van der Waals surface area (Å²) in [5.74, 6) is 5.56. The lowest BCUT2D eigenvalue weighted by molar-refractivity contribution is 0.0954. The molecule has 4 nitrogen and oxygen atoms in total. The molecule has 0 unspecified atom stereocenters. The summed E-state index contributed by atoms with van der Waals surface area (Å²) >= 11 is 3.00. The first-order valence-electron chi connectivity index (χ1n) is 6.22. The largest absolute Gasteiger partial charge is 0.345 e. The van der Waals surface area contributed by atoms with Crippen LogP contribution in [0.5, 0.6) is 0 Å². The maximum absolute atomic E-state index is 12.1. The van der Waals surface area contributed by atoms with Gasteiger partial charge in [0.05, 0.1) is 13.1 Å². The van der Waals surface area contributed by atoms with Crippen molar-refractivity contribution in [2.75, 3.05) is 6.54 Å². The molecule has 20 heavy (non-hydrogen) atoms. The Labute approximate surface area is 126 Å². The number of carbonyl (C=O) groups is 1. The second kappa shape index (κ2) is 7.20. The van der Waals surface area contributed by atoms with Gasteiger partial charge in [0.2, 0.25) is 0 Å². The monoisotopic (exact) mass is 305 g/mol. The zero-order chi connectivity index (χ0) is 14.4. The maximum atomic E-state index is 12.1. The molecule has 104 valence electrons. The SMILES string of the molecule is CCc1cnc(CNC(=O)c2sccc2C#CCN)s1. The van der Waals surface area contributed by atoms with Crippen LogP contribution in [0.3, 0.4) is 0 Å². The molecule has 0 aliphatic rings. The Morgan fingerprint density at radius 3 is 3.10 bits per heavy atom. The molecule has 1 amide bonds. The molecular weight excluding hydrogens is 290 g/mol. The zero-order valence-electron chi connectivity index (χ0n) is 11.1. The van der Waals surface area contributed by atoms with Crippen LogP contribution >= 0.6 is 22.7 Å². The van der Waals surface area contributed by atoms with Gasteiger partial charge in [0.25, 0.3) is 5.91 Å². The van der Waals surface area contributed by atoms with Crippen LogP contribution in [0.4, 0.5) is 0 Å². The van der Waals surface area contributed by atoms with Crippen molar-refractivity contribution in [2.45, 2.75) is 19.9 Å². The van der Waals surface area contributed by atoms with Crippen LogP contribution < -0.4 is 11.1 Å². The molecule has 2 heterocycles. The van der Waals surface area contributed by atoms with Gasteiger partial charge in [-0.2, -0.15) is 0 Å². The van der Waals surface area contributed by atoms with Gasteiger partial charge in [-0.3, -0.25) is 4.79 Å². The van der Waals surface area contributed by atoms with Crippen molar-refractivity contribution in [1.29, 1.82) is 0 Å². The smallest absolute Gasteiger partial charge is 0.262 e. The van der Waals surface area contributed by atoms with E-state index in [0.29, 0.717) is 11.4 Å². The Morgan fingerprint density at radius 1 is 1.55 bits per heavy atom. The summed E-state index contributed by atoms with van der Waals surface area (Å²) < 4.78 is 0. The topological polar surface area (TPSA) is 68.0 Å². The van der Waals surface area contributed by atoms with E-state index in [2.05, 4.69) is 29.1 Å². The first kappa shape index (κ1) is 14.7. The third kappa shape index (κ3) is 3.67. The average Bonchev–Trinajstić information content (AvgIpc) is 3.11. The van der Waals surface area contributed by atoms with Gasteiger partial charge >= 0.3 is 0 Å².